The van der Waals surface area contributed by atoms with Gasteiger partial charge in [0.1, 0.15) is 5.75 Å². The van der Waals surface area contributed by atoms with E-state index in [9.17, 15) is 13.2 Å². The number of hydrogen-bond acceptors (Lipinski definition) is 4. The first-order chi connectivity index (χ1) is 12.5. The van der Waals surface area contributed by atoms with Crippen LogP contribution in [-0.4, -0.2) is 55.8 Å². The van der Waals surface area contributed by atoms with Crippen molar-refractivity contribution in [2.75, 3.05) is 26.2 Å². The Bertz CT molecular complexity index is 832. The molecule has 138 valence electrons. The second-order valence-electron chi connectivity index (χ2n) is 6.12. The molecular formula is C19H22N2O4S. The van der Waals surface area contributed by atoms with E-state index in [1.807, 2.05) is 18.2 Å². The van der Waals surface area contributed by atoms with Crippen LogP contribution in [0.5, 0.6) is 5.75 Å². The van der Waals surface area contributed by atoms with Crippen LogP contribution < -0.4 is 4.74 Å². The Hall–Kier alpha value is -2.38. The third-order valence-electron chi connectivity index (χ3n) is 4.34. The molecule has 1 heterocycles. The molecule has 0 radical (unpaired) electrons. The SMILES string of the molecule is C[C@H](Oc1ccccc1)C(=O)N1CCN(S(=O)(=O)c2ccccc2)CC1. The lowest BCUT2D eigenvalue weighted by molar-refractivity contribution is -0.139. The van der Waals surface area contributed by atoms with Crippen molar-refractivity contribution in [2.24, 2.45) is 0 Å². The molecule has 1 amide bonds. The van der Waals surface area contributed by atoms with Crippen LogP contribution in [0.3, 0.4) is 0 Å². The smallest absolute Gasteiger partial charge is 0.263 e. The molecule has 0 unspecified atom stereocenters. The Morgan fingerprint density at radius 2 is 1.46 bits per heavy atom. The van der Waals surface area contributed by atoms with Crippen molar-refractivity contribution in [1.82, 2.24) is 9.21 Å². The summed E-state index contributed by atoms with van der Waals surface area (Å²) in [5.41, 5.74) is 0. The maximum absolute atomic E-state index is 12.6. The minimum Gasteiger partial charge on any atom is -0.481 e. The minimum atomic E-state index is -3.52. The highest BCUT2D eigenvalue weighted by Crippen LogP contribution is 2.18. The van der Waals surface area contributed by atoms with E-state index in [1.165, 1.54) is 4.31 Å². The molecule has 1 aliphatic heterocycles. The van der Waals surface area contributed by atoms with Crippen LogP contribution in [0.2, 0.25) is 0 Å². The highest BCUT2D eigenvalue weighted by molar-refractivity contribution is 7.89. The average Bonchev–Trinajstić information content (AvgIpc) is 2.69. The Labute approximate surface area is 154 Å². The zero-order valence-electron chi connectivity index (χ0n) is 14.6. The molecule has 6 nitrogen and oxygen atoms in total. The van der Waals surface area contributed by atoms with Crippen LogP contribution in [0, 0.1) is 0 Å². The van der Waals surface area contributed by atoms with Crippen LogP contribution in [0.1, 0.15) is 6.92 Å². The van der Waals surface area contributed by atoms with E-state index in [-0.39, 0.29) is 23.9 Å². The number of sulfonamides is 1. The van der Waals surface area contributed by atoms with Crippen molar-refractivity contribution in [2.45, 2.75) is 17.9 Å². The predicted octanol–water partition coefficient (Wildman–Crippen LogP) is 1.99. The molecule has 2 aromatic carbocycles. The van der Waals surface area contributed by atoms with Crippen molar-refractivity contribution in [3.63, 3.8) is 0 Å². The molecule has 0 bridgehead atoms. The van der Waals surface area contributed by atoms with Gasteiger partial charge in [-0.05, 0) is 31.2 Å². The van der Waals surface area contributed by atoms with Crippen LogP contribution in [0.25, 0.3) is 0 Å². The second-order valence-corrected chi connectivity index (χ2v) is 8.05. The first kappa shape index (κ1) is 18.4. The lowest BCUT2D eigenvalue weighted by Gasteiger charge is -2.35. The van der Waals surface area contributed by atoms with Crippen molar-refractivity contribution in [3.8, 4) is 5.75 Å². The second kappa shape index (κ2) is 7.88. The fourth-order valence-corrected chi connectivity index (χ4v) is 4.34. The lowest BCUT2D eigenvalue weighted by atomic mass is 10.3. The summed E-state index contributed by atoms with van der Waals surface area (Å²) in [6.07, 6.45) is -0.616. The fourth-order valence-electron chi connectivity index (χ4n) is 2.90. The summed E-state index contributed by atoms with van der Waals surface area (Å²) in [4.78, 5) is 14.5. The van der Waals surface area contributed by atoms with Gasteiger partial charge in [-0.2, -0.15) is 4.31 Å². The molecule has 1 saturated heterocycles. The van der Waals surface area contributed by atoms with Crippen LogP contribution in [-0.2, 0) is 14.8 Å². The van der Waals surface area contributed by atoms with Gasteiger partial charge in [0, 0.05) is 26.2 Å². The highest BCUT2D eigenvalue weighted by Gasteiger charge is 2.31. The average molecular weight is 374 g/mol. The number of carbonyl (C=O) groups is 1. The number of para-hydroxylation sites is 1. The molecule has 3 rings (SSSR count). The monoisotopic (exact) mass is 374 g/mol. The number of nitrogens with zero attached hydrogens (tertiary/aromatic N) is 2. The van der Waals surface area contributed by atoms with E-state index in [0.29, 0.717) is 18.8 Å². The predicted molar refractivity (Wildman–Crippen MR) is 98.3 cm³/mol. The largest absolute Gasteiger partial charge is 0.481 e. The molecule has 7 heteroatoms. The number of amides is 1. The fraction of sp³-hybridized carbons (Fsp3) is 0.316. The number of piperazine rings is 1. The van der Waals surface area contributed by atoms with Crippen LogP contribution in [0.4, 0.5) is 0 Å². The zero-order valence-corrected chi connectivity index (χ0v) is 15.4. The van der Waals surface area contributed by atoms with Crippen LogP contribution >= 0.6 is 0 Å². The van der Waals surface area contributed by atoms with Crippen molar-refractivity contribution < 1.29 is 17.9 Å². The quantitative estimate of drug-likeness (QED) is 0.803. The van der Waals surface area contributed by atoms with E-state index in [4.69, 9.17) is 4.74 Å². The van der Waals surface area contributed by atoms with E-state index < -0.39 is 16.1 Å². The topological polar surface area (TPSA) is 66.9 Å². The van der Waals surface area contributed by atoms with Gasteiger partial charge in [-0.25, -0.2) is 8.42 Å². The Balaban J connectivity index is 1.59. The van der Waals surface area contributed by atoms with Gasteiger partial charge in [-0.1, -0.05) is 36.4 Å². The summed E-state index contributed by atoms with van der Waals surface area (Å²) in [6.45, 7) is 2.98. The molecule has 2 aromatic rings. The van der Waals surface area contributed by atoms with Crippen molar-refractivity contribution in [3.05, 3.63) is 60.7 Å². The molecule has 1 fully saturated rings. The number of hydrogen-bond donors (Lipinski definition) is 0. The molecule has 0 aliphatic carbocycles. The summed E-state index contributed by atoms with van der Waals surface area (Å²) in [5, 5.41) is 0. The number of rotatable bonds is 5. The van der Waals surface area contributed by atoms with Gasteiger partial charge in [0.2, 0.25) is 10.0 Å². The molecule has 0 aromatic heterocycles. The van der Waals surface area contributed by atoms with Gasteiger partial charge in [-0.15, -0.1) is 0 Å². The summed E-state index contributed by atoms with van der Waals surface area (Å²) in [6, 6.07) is 17.5. The summed E-state index contributed by atoms with van der Waals surface area (Å²) >= 11 is 0. The minimum absolute atomic E-state index is 0.134. The first-order valence-electron chi connectivity index (χ1n) is 8.54. The molecule has 0 saturated carbocycles. The highest BCUT2D eigenvalue weighted by atomic mass is 32.2. The van der Waals surface area contributed by atoms with Crippen LogP contribution in [0.15, 0.2) is 65.6 Å². The molecule has 0 spiro atoms. The Morgan fingerprint density at radius 3 is 2.04 bits per heavy atom. The van der Waals surface area contributed by atoms with Gasteiger partial charge in [0.25, 0.3) is 5.91 Å². The Morgan fingerprint density at radius 1 is 0.923 bits per heavy atom. The molecule has 26 heavy (non-hydrogen) atoms. The molecular weight excluding hydrogens is 352 g/mol. The normalized spacial score (nSPS) is 16.9. The van der Waals surface area contributed by atoms with E-state index in [1.54, 1.807) is 54.3 Å². The van der Waals surface area contributed by atoms with Crippen molar-refractivity contribution >= 4 is 15.9 Å². The number of ether oxygens (including phenoxy) is 1. The number of carbonyl (C=O) groups excluding carboxylic acids is 1. The molecule has 1 atom stereocenters. The van der Waals surface area contributed by atoms with Gasteiger partial charge < -0.3 is 9.64 Å². The van der Waals surface area contributed by atoms with Gasteiger partial charge >= 0.3 is 0 Å². The third-order valence-corrected chi connectivity index (χ3v) is 6.25. The summed E-state index contributed by atoms with van der Waals surface area (Å²) in [5.74, 6) is 0.504. The van der Waals surface area contributed by atoms with E-state index in [0.717, 1.165) is 0 Å². The molecule has 0 N–H and O–H groups in total. The summed E-state index contributed by atoms with van der Waals surface area (Å²) in [7, 11) is -3.52. The standard InChI is InChI=1S/C19H22N2O4S/c1-16(25-17-8-4-2-5-9-17)19(22)20-12-14-21(15-13-20)26(23,24)18-10-6-3-7-11-18/h2-11,16H,12-15H2,1H3/t16-/m0/s1. The van der Waals surface area contributed by atoms with Crippen molar-refractivity contribution in [1.29, 1.82) is 0 Å². The molecule has 1 aliphatic rings. The lowest BCUT2D eigenvalue weighted by Crippen LogP contribution is -2.53. The van der Waals surface area contributed by atoms with E-state index >= 15 is 0 Å². The van der Waals surface area contributed by atoms with Gasteiger partial charge in [0.15, 0.2) is 6.10 Å². The zero-order chi connectivity index (χ0) is 18.6. The van der Waals surface area contributed by atoms with E-state index in [2.05, 4.69) is 0 Å². The number of benzene rings is 2. The maximum atomic E-state index is 12.6. The third kappa shape index (κ3) is 4.05. The summed E-state index contributed by atoms with van der Waals surface area (Å²) < 4.78 is 32.4. The maximum Gasteiger partial charge on any atom is 0.263 e. The first-order valence-corrected chi connectivity index (χ1v) is 9.98. The van der Waals surface area contributed by atoms with Gasteiger partial charge in [-0.3, -0.25) is 4.79 Å². The van der Waals surface area contributed by atoms with Gasteiger partial charge in [0.05, 0.1) is 4.90 Å². The Kier molecular flexibility index (Phi) is 5.58.